The number of carbonyl (C=O) groups excluding carboxylic acids is 1. The average Bonchev–Trinajstić information content (AvgIpc) is 2.32. The molecule has 0 unspecified atom stereocenters. The summed E-state index contributed by atoms with van der Waals surface area (Å²) in [6.45, 7) is 7.14. The van der Waals surface area contributed by atoms with Gasteiger partial charge in [0.1, 0.15) is 18.3 Å². The lowest BCUT2D eigenvalue weighted by atomic mass is 9.78. The zero-order valence-corrected chi connectivity index (χ0v) is 11.6. The van der Waals surface area contributed by atoms with Crippen LogP contribution >= 0.6 is 0 Å². The molecular weight excluding hydrogens is 238 g/mol. The summed E-state index contributed by atoms with van der Waals surface area (Å²) in [7, 11) is 0. The molecule has 19 heavy (non-hydrogen) atoms. The van der Waals surface area contributed by atoms with Gasteiger partial charge in [-0.25, -0.2) is 0 Å². The summed E-state index contributed by atoms with van der Waals surface area (Å²) in [6.07, 6.45) is 1.98. The lowest BCUT2D eigenvalue weighted by molar-refractivity contribution is -0.136. The predicted octanol–water partition coefficient (Wildman–Crippen LogP) is 2.51. The van der Waals surface area contributed by atoms with E-state index in [9.17, 15) is 4.79 Å². The Morgan fingerprint density at radius 2 is 1.89 bits per heavy atom. The molecule has 1 amide bonds. The summed E-state index contributed by atoms with van der Waals surface area (Å²) in [6, 6.07) is 8.71. The molecule has 3 heteroatoms. The van der Waals surface area contributed by atoms with Crippen LogP contribution in [0.1, 0.15) is 31.9 Å². The fourth-order valence-electron chi connectivity index (χ4n) is 2.42. The van der Waals surface area contributed by atoms with E-state index in [1.807, 2.05) is 6.08 Å². The summed E-state index contributed by atoms with van der Waals surface area (Å²) >= 11 is 0. The molecule has 2 atom stereocenters. The minimum atomic E-state index is -0.0196. The zero-order chi connectivity index (χ0) is 13.6. The van der Waals surface area contributed by atoms with Gasteiger partial charge in [0.05, 0.1) is 6.04 Å². The standard InChI is InChI=1S/C16H19NO2/c1-16(2,3)11-6-4-10(5-7-11)9-19-13-8-12-14(13)15(18)17-12/h4-8,12,14H,9H2,1-3H3,(H,17,18)/t12-,14-/m1/s1. The average molecular weight is 257 g/mol. The Labute approximate surface area is 113 Å². The minimum absolute atomic E-state index is 0.0196. The van der Waals surface area contributed by atoms with Crippen LogP contribution in [0.15, 0.2) is 36.1 Å². The van der Waals surface area contributed by atoms with Crippen LogP contribution in [0.25, 0.3) is 0 Å². The largest absolute Gasteiger partial charge is 0.493 e. The van der Waals surface area contributed by atoms with Gasteiger partial charge in [0.15, 0.2) is 0 Å². The molecule has 0 bridgehead atoms. The SMILES string of the molecule is CC(C)(C)c1ccc(COC2=C[C@H]3NC(=O)[C@@H]23)cc1. The van der Waals surface area contributed by atoms with E-state index in [0.717, 1.165) is 11.3 Å². The Kier molecular flexibility index (Phi) is 2.66. The van der Waals surface area contributed by atoms with Crippen LogP contribution in [0.3, 0.4) is 0 Å². The van der Waals surface area contributed by atoms with E-state index in [-0.39, 0.29) is 23.3 Å². The maximum Gasteiger partial charge on any atom is 0.233 e. The number of amides is 1. The van der Waals surface area contributed by atoms with Gasteiger partial charge >= 0.3 is 0 Å². The van der Waals surface area contributed by atoms with Gasteiger partial charge in [-0.05, 0) is 22.6 Å². The fraction of sp³-hybridized carbons (Fsp3) is 0.438. The normalized spacial score (nSPS) is 24.6. The van der Waals surface area contributed by atoms with Crippen molar-refractivity contribution in [2.75, 3.05) is 0 Å². The second-order valence-electron chi connectivity index (χ2n) is 6.32. The molecule has 1 saturated heterocycles. The van der Waals surface area contributed by atoms with Gasteiger partial charge in [0.25, 0.3) is 0 Å². The van der Waals surface area contributed by atoms with Crippen molar-refractivity contribution in [3.05, 3.63) is 47.2 Å². The van der Waals surface area contributed by atoms with Crippen LogP contribution in [0, 0.1) is 5.92 Å². The molecule has 1 aromatic carbocycles. The summed E-state index contributed by atoms with van der Waals surface area (Å²) < 4.78 is 5.69. The number of carbonyl (C=O) groups is 1. The molecule has 1 N–H and O–H groups in total. The topological polar surface area (TPSA) is 38.3 Å². The summed E-state index contributed by atoms with van der Waals surface area (Å²) in [5.41, 5.74) is 2.63. The first-order valence-electron chi connectivity index (χ1n) is 6.69. The Hall–Kier alpha value is -1.77. The third-order valence-corrected chi connectivity index (χ3v) is 3.83. The predicted molar refractivity (Wildman–Crippen MR) is 73.4 cm³/mol. The number of nitrogens with one attached hydrogen (secondary N) is 1. The van der Waals surface area contributed by atoms with Crippen molar-refractivity contribution in [3.63, 3.8) is 0 Å². The lowest BCUT2D eigenvalue weighted by Crippen LogP contribution is -2.63. The Bertz CT molecular complexity index is 537. The van der Waals surface area contributed by atoms with Gasteiger partial charge in [0, 0.05) is 0 Å². The van der Waals surface area contributed by atoms with Gasteiger partial charge in [-0.3, -0.25) is 4.79 Å². The third-order valence-electron chi connectivity index (χ3n) is 3.83. The molecule has 3 nitrogen and oxygen atoms in total. The van der Waals surface area contributed by atoms with Crippen molar-refractivity contribution in [2.24, 2.45) is 5.92 Å². The van der Waals surface area contributed by atoms with E-state index in [2.05, 4.69) is 50.4 Å². The van der Waals surface area contributed by atoms with Gasteiger partial charge in [-0.1, -0.05) is 45.0 Å². The van der Waals surface area contributed by atoms with E-state index >= 15 is 0 Å². The van der Waals surface area contributed by atoms with Crippen molar-refractivity contribution in [1.29, 1.82) is 0 Å². The molecule has 0 aromatic heterocycles. The fourth-order valence-corrected chi connectivity index (χ4v) is 2.42. The smallest absolute Gasteiger partial charge is 0.233 e. The van der Waals surface area contributed by atoms with Crippen molar-refractivity contribution >= 4 is 5.91 Å². The highest BCUT2D eigenvalue weighted by molar-refractivity contribution is 5.91. The first-order chi connectivity index (χ1) is 8.95. The number of fused-ring (bicyclic) bond motifs is 1. The number of hydrogen-bond donors (Lipinski definition) is 1. The molecule has 100 valence electrons. The van der Waals surface area contributed by atoms with E-state index in [1.165, 1.54) is 5.56 Å². The Morgan fingerprint density at radius 3 is 2.42 bits per heavy atom. The quantitative estimate of drug-likeness (QED) is 0.845. The summed E-state index contributed by atoms with van der Waals surface area (Å²) in [5, 5.41) is 2.80. The number of rotatable bonds is 3. The molecule has 0 saturated carbocycles. The Morgan fingerprint density at radius 1 is 1.21 bits per heavy atom. The number of hydrogen-bond acceptors (Lipinski definition) is 2. The highest BCUT2D eigenvalue weighted by Gasteiger charge is 2.49. The second-order valence-corrected chi connectivity index (χ2v) is 6.32. The first-order valence-corrected chi connectivity index (χ1v) is 6.69. The third kappa shape index (κ3) is 2.14. The molecule has 1 aliphatic heterocycles. The number of β-lactam (4-membered cyclic amide) rings is 1. The van der Waals surface area contributed by atoms with Crippen molar-refractivity contribution in [2.45, 2.75) is 38.8 Å². The molecule has 0 radical (unpaired) electrons. The molecule has 1 aromatic rings. The Balaban J connectivity index is 1.59. The molecular formula is C16H19NO2. The maximum atomic E-state index is 11.2. The van der Waals surface area contributed by atoms with E-state index < -0.39 is 0 Å². The molecule has 1 aliphatic carbocycles. The molecule has 1 fully saturated rings. The molecule has 1 heterocycles. The van der Waals surface area contributed by atoms with E-state index in [1.54, 1.807) is 0 Å². The van der Waals surface area contributed by atoms with Crippen LogP contribution < -0.4 is 5.32 Å². The van der Waals surface area contributed by atoms with E-state index in [4.69, 9.17) is 4.74 Å². The van der Waals surface area contributed by atoms with Crippen molar-refractivity contribution in [1.82, 2.24) is 5.32 Å². The number of ether oxygens (including phenoxy) is 1. The highest BCUT2D eigenvalue weighted by atomic mass is 16.5. The second kappa shape index (κ2) is 4.12. The van der Waals surface area contributed by atoms with Crippen LogP contribution in [0.2, 0.25) is 0 Å². The van der Waals surface area contributed by atoms with Crippen LogP contribution in [0.4, 0.5) is 0 Å². The maximum absolute atomic E-state index is 11.2. The first kappa shape index (κ1) is 12.3. The van der Waals surface area contributed by atoms with Crippen molar-refractivity contribution in [3.8, 4) is 0 Å². The molecule has 3 rings (SSSR count). The van der Waals surface area contributed by atoms with Crippen LogP contribution in [-0.4, -0.2) is 11.9 Å². The van der Waals surface area contributed by atoms with Gasteiger partial charge in [-0.15, -0.1) is 0 Å². The van der Waals surface area contributed by atoms with Crippen LogP contribution in [-0.2, 0) is 21.6 Å². The van der Waals surface area contributed by atoms with Gasteiger partial charge in [0.2, 0.25) is 5.91 Å². The van der Waals surface area contributed by atoms with E-state index in [0.29, 0.717) is 6.61 Å². The van der Waals surface area contributed by atoms with Gasteiger partial charge < -0.3 is 10.1 Å². The zero-order valence-electron chi connectivity index (χ0n) is 11.6. The highest BCUT2D eigenvalue weighted by Crippen LogP contribution is 2.35. The van der Waals surface area contributed by atoms with Gasteiger partial charge in [-0.2, -0.15) is 0 Å². The van der Waals surface area contributed by atoms with Crippen molar-refractivity contribution < 1.29 is 9.53 Å². The minimum Gasteiger partial charge on any atom is -0.493 e. The monoisotopic (exact) mass is 257 g/mol. The summed E-state index contributed by atoms with van der Waals surface area (Å²) in [4.78, 5) is 11.2. The lowest BCUT2D eigenvalue weighted by Gasteiger charge is -2.43. The molecule has 2 aliphatic rings. The summed E-state index contributed by atoms with van der Waals surface area (Å²) in [5.74, 6) is 0.896. The number of benzene rings is 1. The molecule has 0 spiro atoms. The van der Waals surface area contributed by atoms with Crippen LogP contribution in [0.5, 0.6) is 0 Å².